The number of nitrogens with zero attached hydrogens (tertiary/aromatic N) is 1. The maximum absolute atomic E-state index is 13.0. The number of hydrogen-bond donors (Lipinski definition) is 1. The molecule has 0 saturated heterocycles. The van der Waals surface area contributed by atoms with Gasteiger partial charge in [0.15, 0.2) is 0 Å². The molecule has 0 radical (unpaired) electrons. The Morgan fingerprint density at radius 3 is 1.90 bits per heavy atom. The van der Waals surface area contributed by atoms with Gasteiger partial charge in [0.2, 0.25) is 0 Å². The van der Waals surface area contributed by atoms with Crippen LogP contribution >= 0.6 is 0 Å². The zero-order valence-electron chi connectivity index (χ0n) is 18.9. The number of rotatable bonds is 8. The van der Waals surface area contributed by atoms with Crippen molar-refractivity contribution in [1.82, 2.24) is 5.32 Å². The van der Waals surface area contributed by atoms with Gasteiger partial charge in [-0.05, 0) is 31.2 Å². The molecule has 0 unspecified atom stereocenters. The molecular weight excluding hydrogens is 400 g/mol. The maximum Gasteiger partial charge on any atom is 0.336 e. The molecule has 1 aliphatic rings. The molecule has 0 amide bonds. The van der Waals surface area contributed by atoms with Gasteiger partial charge in [-0.2, -0.15) is 0 Å². The number of nitro benzene ring substituents is 1. The summed E-state index contributed by atoms with van der Waals surface area (Å²) < 4.78 is 10.9. The summed E-state index contributed by atoms with van der Waals surface area (Å²) in [5, 5.41) is 14.4. The van der Waals surface area contributed by atoms with Crippen LogP contribution < -0.4 is 5.32 Å². The summed E-state index contributed by atoms with van der Waals surface area (Å²) in [4.78, 5) is 36.9. The van der Waals surface area contributed by atoms with E-state index in [1.807, 2.05) is 27.7 Å². The van der Waals surface area contributed by atoms with Crippen molar-refractivity contribution in [2.24, 2.45) is 11.8 Å². The Morgan fingerprint density at radius 2 is 1.48 bits per heavy atom. The number of hydrogen-bond acceptors (Lipinski definition) is 7. The highest BCUT2D eigenvalue weighted by molar-refractivity contribution is 6.00. The maximum atomic E-state index is 13.0. The molecule has 1 N–H and O–H groups in total. The van der Waals surface area contributed by atoms with Crippen molar-refractivity contribution >= 4 is 17.6 Å². The monoisotopic (exact) mass is 430 g/mol. The standard InChI is InChI=1S/C23H30N2O6/c1-13(2)11-30-22(26)19-15(5)24-16(6)20(23(27)31-12-14(3)4)21(19)17-8-7-9-18(10-17)25(28)29/h7-10,13-14,21,24H,11-12H2,1-6H3. The minimum absolute atomic E-state index is 0.129. The van der Waals surface area contributed by atoms with Crippen molar-refractivity contribution in [1.29, 1.82) is 0 Å². The van der Waals surface area contributed by atoms with Crippen LogP contribution in [0.2, 0.25) is 0 Å². The van der Waals surface area contributed by atoms with Crippen LogP contribution in [0.3, 0.4) is 0 Å². The lowest BCUT2D eigenvalue weighted by Gasteiger charge is -2.30. The number of non-ortho nitro benzene ring substituents is 1. The first-order chi connectivity index (χ1) is 14.5. The third-order valence-corrected chi connectivity index (χ3v) is 4.71. The van der Waals surface area contributed by atoms with Crippen LogP contribution in [0.4, 0.5) is 5.69 Å². The number of esters is 2. The van der Waals surface area contributed by atoms with Crippen molar-refractivity contribution in [3.05, 3.63) is 62.5 Å². The molecule has 168 valence electrons. The fourth-order valence-corrected chi connectivity index (χ4v) is 3.33. The van der Waals surface area contributed by atoms with Crippen molar-refractivity contribution in [3.63, 3.8) is 0 Å². The van der Waals surface area contributed by atoms with E-state index in [4.69, 9.17) is 9.47 Å². The zero-order chi connectivity index (χ0) is 23.3. The van der Waals surface area contributed by atoms with Crippen molar-refractivity contribution in [2.45, 2.75) is 47.5 Å². The molecule has 2 rings (SSSR count). The predicted octanol–water partition coefficient (Wildman–Crippen LogP) is 4.23. The lowest BCUT2D eigenvalue weighted by molar-refractivity contribution is -0.384. The summed E-state index contributed by atoms with van der Waals surface area (Å²) in [6.45, 7) is 11.6. The molecule has 0 aromatic heterocycles. The number of ether oxygens (including phenoxy) is 2. The van der Waals surface area contributed by atoms with Crippen LogP contribution in [0.1, 0.15) is 53.0 Å². The van der Waals surface area contributed by atoms with E-state index in [0.717, 1.165) is 0 Å². The topological polar surface area (TPSA) is 108 Å². The second-order valence-electron chi connectivity index (χ2n) is 8.47. The Bertz CT molecular complexity index is 884. The van der Waals surface area contributed by atoms with Crippen LogP contribution in [0.25, 0.3) is 0 Å². The van der Waals surface area contributed by atoms with Gasteiger partial charge in [-0.25, -0.2) is 9.59 Å². The lowest BCUT2D eigenvalue weighted by atomic mass is 9.80. The summed E-state index contributed by atoms with van der Waals surface area (Å²) in [5.41, 5.74) is 1.86. The zero-order valence-corrected chi connectivity index (χ0v) is 18.9. The van der Waals surface area contributed by atoms with E-state index < -0.39 is 22.8 Å². The highest BCUT2D eigenvalue weighted by Gasteiger charge is 2.38. The van der Waals surface area contributed by atoms with Crippen molar-refractivity contribution < 1.29 is 24.0 Å². The molecule has 0 saturated carbocycles. The van der Waals surface area contributed by atoms with Gasteiger partial charge in [0.25, 0.3) is 5.69 Å². The first-order valence-electron chi connectivity index (χ1n) is 10.3. The highest BCUT2D eigenvalue weighted by Crippen LogP contribution is 2.40. The third kappa shape index (κ3) is 5.93. The van der Waals surface area contributed by atoms with E-state index in [0.29, 0.717) is 17.0 Å². The minimum Gasteiger partial charge on any atom is -0.462 e. The molecule has 1 aliphatic heterocycles. The van der Waals surface area contributed by atoms with E-state index in [2.05, 4.69) is 5.32 Å². The smallest absolute Gasteiger partial charge is 0.336 e. The van der Waals surface area contributed by atoms with Gasteiger partial charge in [-0.15, -0.1) is 0 Å². The molecule has 8 heteroatoms. The largest absolute Gasteiger partial charge is 0.462 e. The summed E-state index contributed by atoms with van der Waals surface area (Å²) in [5.74, 6) is -1.73. The molecule has 1 aromatic rings. The molecular formula is C23H30N2O6. The average Bonchev–Trinajstić information content (AvgIpc) is 2.69. The van der Waals surface area contributed by atoms with Gasteiger partial charge in [-0.3, -0.25) is 10.1 Å². The van der Waals surface area contributed by atoms with Gasteiger partial charge in [0, 0.05) is 23.5 Å². The predicted molar refractivity (Wildman–Crippen MR) is 116 cm³/mol. The summed E-state index contributed by atoms with van der Waals surface area (Å²) >= 11 is 0. The number of carbonyl (C=O) groups excluding carboxylic acids is 2. The van der Waals surface area contributed by atoms with Gasteiger partial charge >= 0.3 is 11.9 Å². The Labute approximate surface area is 182 Å². The number of nitrogens with one attached hydrogen (secondary N) is 1. The van der Waals surface area contributed by atoms with Crippen LogP contribution in [0, 0.1) is 22.0 Å². The number of carbonyl (C=O) groups is 2. The molecule has 0 atom stereocenters. The number of benzene rings is 1. The second kappa shape index (κ2) is 10.2. The molecule has 1 aromatic carbocycles. The van der Waals surface area contributed by atoms with E-state index in [-0.39, 0.29) is 41.9 Å². The molecule has 1 heterocycles. The first-order valence-corrected chi connectivity index (χ1v) is 10.3. The number of allylic oxidation sites excluding steroid dienone is 2. The molecule has 0 bridgehead atoms. The molecule has 8 nitrogen and oxygen atoms in total. The van der Waals surface area contributed by atoms with E-state index in [1.54, 1.807) is 19.9 Å². The number of dihydropyridines is 1. The summed E-state index contributed by atoms with van der Waals surface area (Å²) in [6.07, 6.45) is 0. The highest BCUT2D eigenvalue weighted by atomic mass is 16.6. The van der Waals surface area contributed by atoms with Crippen LogP contribution in [0.15, 0.2) is 46.8 Å². The van der Waals surface area contributed by atoms with Crippen molar-refractivity contribution in [2.75, 3.05) is 13.2 Å². The normalized spacial score (nSPS) is 14.7. The van der Waals surface area contributed by atoms with E-state index >= 15 is 0 Å². The first kappa shape index (κ1) is 24.1. The Hall–Kier alpha value is -3.16. The minimum atomic E-state index is -0.847. The van der Waals surface area contributed by atoms with Gasteiger partial charge in [0.1, 0.15) is 0 Å². The third-order valence-electron chi connectivity index (χ3n) is 4.71. The molecule has 0 spiro atoms. The fourth-order valence-electron chi connectivity index (χ4n) is 3.33. The lowest BCUT2D eigenvalue weighted by Crippen LogP contribution is -2.33. The Kier molecular flexibility index (Phi) is 7.96. The fraction of sp³-hybridized carbons (Fsp3) is 0.478. The summed E-state index contributed by atoms with van der Waals surface area (Å²) in [6, 6.07) is 5.94. The van der Waals surface area contributed by atoms with Crippen LogP contribution in [-0.4, -0.2) is 30.1 Å². The van der Waals surface area contributed by atoms with E-state index in [1.165, 1.54) is 18.2 Å². The van der Waals surface area contributed by atoms with Gasteiger partial charge in [-0.1, -0.05) is 39.8 Å². The van der Waals surface area contributed by atoms with E-state index in [9.17, 15) is 19.7 Å². The van der Waals surface area contributed by atoms with Crippen LogP contribution in [-0.2, 0) is 19.1 Å². The quantitative estimate of drug-likeness (QED) is 0.373. The molecule has 0 fully saturated rings. The number of nitro groups is 1. The SMILES string of the molecule is CC1=C(C(=O)OCC(C)C)C(c2cccc([N+](=O)[O-])c2)C(C(=O)OCC(C)C)=C(C)N1. The molecule has 0 aliphatic carbocycles. The van der Waals surface area contributed by atoms with Gasteiger partial charge in [0.05, 0.1) is 35.2 Å². The second-order valence-corrected chi connectivity index (χ2v) is 8.47. The Morgan fingerprint density at radius 1 is 1.00 bits per heavy atom. The Balaban J connectivity index is 2.59. The van der Waals surface area contributed by atoms with Crippen molar-refractivity contribution in [3.8, 4) is 0 Å². The van der Waals surface area contributed by atoms with Gasteiger partial charge < -0.3 is 14.8 Å². The molecule has 31 heavy (non-hydrogen) atoms. The summed E-state index contributed by atoms with van der Waals surface area (Å²) in [7, 11) is 0. The average molecular weight is 431 g/mol. The van der Waals surface area contributed by atoms with Crippen LogP contribution in [0.5, 0.6) is 0 Å².